The van der Waals surface area contributed by atoms with Gasteiger partial charge in [0, 0.05) is 69.5 Å². The number of nitrogens with zero attached hydrogens (tertiary/aromatic N) is 8. The van der Waals surface area contributed by atoms with Gasteiger partial charge in [-0.05, 0) is 54.1 Å². The SMILES string of the molecule is C=CC(=O)N1CCN(CC2CNc3cc(-n4c(-c5cccnc5N)nc5ccc(-n6cccn6)nc54)ccc32)CC1. The Morgan fingerprint density at radius 2 is 1.95 bits per heavy atom. The van der Waals surface area contributed by atoms with Crippen LogP contribution >= 0.6 is 0 Å². The zero-order chi connectivity index (χ0) is 27.9. The molecule has 0 saturated carbocycles. The number of fused-ring (bicyclic) bond motifs is 2. The largest absolute Gasteiger partial charge is 0.384 e. The number of pyridine rings is 2. The topological polar surface area (TPSA) is 123 Å². The molecule has 7 rings (SSSR count). The first-order chi connectivity index (χ1) is 20.1. The lowest BCUT2D eigenvalue weighted by molar-refractivity contribution is -0.127. The number of amides is 1. The molecule has 3 N–H and O–H groups in total. The standard InChI is InChI=1S/C30H30N10O/c1-2-27(41)38-15-13-37(14-16-38)19-20-18-33-25-17-21(6-7-22(20)25)40-29(23-5-3-10-32-28(23)31)35-24-8-9-26(36-30(24)40)39-12-4-11-34-39/h2-12,17,20,33H,1,13-16,18-19H2,(H2,31,32). The number of benzene rings is 1. The highest BCUT2D eigenvalue weighted by Crippen LogP contribution is 2.37. The van der Waals surface area contributed by atoms with E-state index in [1.807, 2.05) is 46.0 Å². The molecule has 1 unspecified atom stereocenters. The van der Waals surface area contributed by atoms with Crippen LogP contribution < -0.4 is 11.1 Å². The van der Waals surface area contributed by atoms with E-state index in [-0.39, 0.29) is 5.91 Å². The van der Waals surface area contributed by atoms with Gasteiger partial charge in [-0.25, -0.2) is 19.6 Å². The minimum absolute atomic E-state index is 0.00993. The van der Waals surface area contributed by atoms with Crippen LogP contribution in [0.5, 0.6) is 0 Å². The molecule has 2 aliphatic heterocycles. The van der Waals surface area contributed by atoms with Crippen LogP contribution in [-0.2, 0) is 4.79 Å². The monoisotopic (exact) mass is 546 g/mol. The smallest absolute Gasteiger partial charge is 0.246 e. The molecule has 0 spiro atoms. The molecule has 2 aliphatic rings. The van der Waals surface area contributed by atoms with E-state index >= 15 is 0 Å². The number of nitrogen functional groups attached to an aromatic ring is 1. The average molecular weight is 547 g/mol. The molecule has 0 bridgehead atoms. The second-order valence-corrected chi connectivity index (χ2v) is 10.3. The third-order valence-corrected chi connectivity index (χ3v) is 7.92. The fourth-order valence-corrected chi connectivity index (χ4v) is 5.80. The number of anilines is 2. The number of hydrogen-bond donors (Lipinski definition) is 2. The molecule has 11 nitrogen and oxygen atoms in total. The molecule has 6 heterocycles. The van der Waals surface area contributed by atoms with Gasteiger partial charge in [0.2, 0.25) is 5.91 Å². The fourth-order valence-electron chi connectivity index (χ4n) is 5.80. The molecular formula is C30H30N10O. The van der Waals surface area contributed by atoms with Crippen LogP contribution in [0.15, 0.2) is 79.8 Å². The molecule has 206 valence electrons. The van der Waals surface area contributed by atoms with Crippen LogP contribution in [0.1, 0.15) is 11.5 Å². The second kappa shape index (κ2) is 10.2. The number of rotatable bonds is 6. The molecule has 0 radical (unpaired) electrons. The van der Waals surface area contributed by atoms with E-state index in [9.17, 15) is 4.79 Å². The van der Waals surface area contributed by atoms with Crippen molar-refractivity contribution in [3.05, 3.63) is 85.3 Å². The summed E-state index contributed by atoms with van der Waals surface area (Å²) in [4.78, 5) is 30.5. The first kappa shape index (κ1) is 25.0. The van der Waals surface area contributed by atoms with Crippen molar-refractivity contribution in [2.45, 2.75) is 5.92 Å². The average Bonchev–Trinajstić information content (AvgIpc) is 3.76. The third-order valence-electron chi connectivity index (χ3n) is 7.92. The number of hydrogen-bond acceptors (Lipinski definition) is 8. The van der Waals surface area contributed by atoms with E-state index in [0.717, 1.165) is 61.7 Å². The van der Waals surface area contributed by atoms with Crippen molar-refractivity contribution in [3.63, 3.8) is 0 Å². The Bertz CT molecular complexity index is 1750. The molecule has 11 heteroatoms. The van der Waals surface area contributed by atoms with Gasteiger partial charge in [0.05, 0.1) is 11.3 Å². The van der Waals surface area contributed by atoms with Gasteiger partial charge >= 0.3 is 0 Å². The zero-order valence-corrected chi connectivity index (χ0v) is 22.5. The van der Waals surface area contributed by atoms with Gasteiger partial charge in [-0.1, -0.05) is 12.6 Å². The summed E-state index contributed by atoms with van der Waals surface area (Å²) < 4.78 is 3.78. The predicted octanol–water partition coefficient (Wildman–Crippen LogP) is 3.09. The van der Waals surface area contributed by atoms with E-state index < -0.39 is 0 Å². The van der Waals surface area contributed by atoms with E-state index in [1.165, 1.54) is 11.6 Å². The van der Waals surface area contributed by atoms with E-state index in [4.69, 9.17) is 15.7 Å². The maximum absolute atomic E-state index is 12.0. The summed E-state index contributed by atoms with van der Waals surface area (Å²) in [5.74, 6) is 2.15. The van der Waals surface area contributed by atoms with Gasteiger partial charge in [-0.2, -0.15) is 5.10 Å². The number of aromatic nitrogens is 6. The van der Waals surface area contributed by atoms with Crippen molar-refractivity contribution in [2.24, 2.45) is 0 Å². The van der Waals surface area contributed by atoms with Crippen molar-refractivity contribution >= 4 is 28.6 Å². The van der Waals surface area contributed by atoms with E-state index in [1.54, 1.807) is 17.1 Å². The van der Waals surface area contributed by atoms with Crippen molar-refractivity contribution in [1.82, 2.24) is 39.1 Å². The Labute approximate surface area is 236 Å². The Morgan fingerprint density at radius 1 is 1.07 bits per heavy atom. The Balaban J connectivity index is 1.24. The molecule has 41 heavy (non-hydrogen) atoms. The lowest BCUT2D eigenvalue weighted by Crippen LogP contribution is -2.49. The molecule has 0 aliphatic carbocycles. The minimum Gasteiger partial charge on any atom is -0.384 e. The van der Waals surface area contributed by atoms with Gasteiger partial charge in [0.1, 0.15) is 11.3 Å². The Kier molecular flexibility index (Phi) is 6.20. The molecule has 1 saturated heterocycles. The van der Waals surface area contributed by atoms with Crippen molar-refractivity contribution in [3.8, 4) is 22.9 Å². The lowest BCUT2D eigenvalue weighted by Gasteiger charge is -2.35. The molecule has 1 atom stereocenters. The first-order valence-electron chi connectivity index (χ1n) is 13.7. The highest BCUT2D eigenvalue weighted by molar-refractivity contribution is 5.87. The van der Waals surface area contributed by atoms with Gasteiger partial charge in [-0.3, -0.25) is 14.3 Å². The van der Waals surface area contributed by atoms with Crippen LogP contribution in [0.2, 0.25) is 0 Å². The predicted molar refractivity (Wildman–Crippen MR) is 158 cm³/mol. The number of carbonyl (C=O) groups excluding carboxylic acids is 1. The van der Waals surface area contributed by atoms with Crippen LogP contribution in [0.25, 0.3) is 34.1 Å². The van der Waals surface area contributed by atoms with Crippen LogP contribution in [0, 0.1) is 0 Å². The molecule has 4 aromatic heterocycles. The van der Waals surface area contributed by atoms with E-state index in [0.29, 0.717) is 29.0 Å². The van der Waals surface area contributed by atoms with Crippen LogP contribution in [0.3, 0.4) is 0 Å². The van der Waals surface area contributed by atoms with Gasteiger partial charge in [0.25, 0.3) is 0 Å². The molecule has 5 aromatic rings. The zero-order valence-electron chi connectivity index (χ0n) is 22.5. The normalized spacial score (nSPS) is 17.0. The maximum Gasteiger partial charge on any atom is 0.246 e. The first-order valence-corrected chi connectivity index (χ1v) is 13.7. The summed E-state index contributed by atoms with van der Waals surface area (Å²) in [6.45, 7) is 8.61. The number of nitrogens with one attached hydrogen (secondary N) is 1. The summed E-state index contributed by atoms with van der Waals surface area (Å²) in [5, 5.41) is 7.97. The Morgan fingerprint density at radius 3 is 2.73 bits per heavy atom. The quantitative estimate of drug-likeness (QED) is 0.312. The van der Waals surface area contributed by atoms with Crippen molar-refractivity contribution in [2.75, 3.05) is 50.3 Å². The number of piperazine rings is 1. The fraction of sp³-hybridized carbons (Fsp3) is 0.233. The minimum atomic E-state index is 0.00993. The molecular weight excluding hydrogens is 516 g/mol. The van der Waals surface area contributed by atoms with Gasteiger partial charge in [0.15, 0.2) is 17.3 Å². The summed E-state index contributed by atoms with van der Waals surface area (Å²) in [6, 6.07) is 16.0. The lowest BCUT2D eigenvalue weighted by atomic mass is 10.00. The van der Waals surface area contributed by atoms with Crippen molar-refractivity contribution in [1.29, 1.82) is 0 Å². The van der Waals surface area contributed by atoms with Gasteiger partial charge < -0.3 is 16.0 Å². The number of nitrogens with two attached hydrogens (primary N) is 1. The van der Waals surface area contributed by atoms with Crippen LogP contribution in [-0.4, -0.2) is 84.3 Å². The van der Waals surface area contributed by atoms with Crippen LogP contribution in [0.4, 0.5) is 11.5 Å². The molecule has 1 aromatic carbocycles. The highest BCUT2D eigenvalue weighted by Gasteiger charge is 2.28. The summed E-state index contributed by atoms with van der Waals surface area (Å²) in [7, 11) is 0. The number of carbonyl (C=O) groups is 1. The molecule has 1 amide bonds. The second-order valence-electron chi connectivity index (χ2n) is 10.3. The summed E-state index contributed by atoms with van der Waals surface area (Å²) >= 11 is 0. The van der Waals surface area contributed by atoms with Gasteiger partial charge in [-0.15, -0.1) is 0 Å². The maximum atomic E-state index is 12.0. The summed E-state index contributed by atoms with van der Waals surface area (Å²) in [5.41, 5.74) is 11.8. The molecule has 1 fully saturated rings. The highest BCUT2D eigenvalue weighted by atomic mass is 16.2. The summed E-state index contributed by atoms with van der Waals surface area (Å²) in [6.07, 6.45) is 6.67. The van der Waals surface area contributed by atoms with Crippen molar-refractivity contribution < 1.29 is 4.79 Å². The third kappa shape index (κ3) is 4.49. The number of imidazole rings is 1. The van der Waals surface area contributed by atoms with E-state index in [2.05, 4.69) is 45.1 Å². The Hall–Kier alpha value is -5.03.